The van der Waals surface area contributed by atoms with Crippen molar-refractivity contribution in [2.75, 3.05) is 5.32 Å². The van der Waals surface area contributed by atoms with Crippen molar-refractivity contribution in [3.8, 4) is 0 Å². The zero-order valence-corrected chi connectivity index (χ0v) is 11.7. The van der Waals surface area contributed by atoms with Crippen molar-refractivity contribution in [2.24, 2.45) is 5.73 Å². The molecule has 1 unspecified atom stereocenters. The molecule has 1 rings (SSSR count). The van der Waals surface area contributed by atoms with Gasteiger partial charge in [0.15, 0.2) is 0 Å². The number of benzene rings is 1. The summed E-state index contributed by atoms with van der Waals surface area (Å²) in [5, 5.41) is 3.27. The van der Waals surface area contributed by atoms with E-state index in [1.165, 1.54) is 37.8 Å². The quantitative estimate of drug-likeness (QED) is 0.705. The van der Waals surface area contributed by atoms with Crippen molar-refractivity contribution in [1.82, 2.24) is 0 Å². The van der Waals surface area contributed by atoms with Crippen LogP contribution in [0.2, 0.25) is 0 Å². The second-order valence-corrected chi connectivity index (χ2v) is 4.95. The maximum absolute atomic E-state index is 13.3. The molecule has 19 heavy (non-hydrogen) atoms. The van der Waals surface area contributed by atoms with Crippen LogP contribution in [-0.2, 0) is 0 Å². The molecule has 3 N–H and O–H groups in total. The number of anilines is 1. The smallest absolute Gasteiger partial charge is 0.251 e. The van der Waals surface area contributed by atoms with Gasteiger partial charge < -0.3 is 11.1 Å². The first-order valence-electron chi connectivity index (χ1n) is 6.90. The Hall–Kier alpha value is -1.58. The minimum Gasteiger partial charge on any atom is -0.383 e. The standard InChI is InChI=1S/C15H23FN2O/c1-3-4-5-6-7-11(2)18-12-8-9-14(16)13(10-12)15(17)19/h8-11,18H,3-7H2,1-2H3,(H2,17,19). The first kappa shape index (κ1) is 15.5. The van der Waals surface area contributed by atoms with Gasteiger partial charge in [0.1, 0.15) is 5.82 Å². The Morgan fingerprint density at radius 2 is 2.11 bits per heavy atom. The highest BCUT2D eigenvalue weighted by molar-refractivity contribution is 5.94. The minimum absolute atomic E-state index is 0.0665. The van der Waals surface area contributed by atoms with Gasteiger partial charge in [0.25, 0.3) is 5.91 Å². The third-order valence-corrected chi connectivity index (χ3v) is 3.14. The molecule has 0 radical (unpaired) electrons. The zero-order valence-electron chi connectivity index (χ0n) is 11.7. The number of unbranched alkanes of at least 4 members (excludes halogenated alkanes) is 3. The summed E-state index contributed by atoms with van der Waals surface area (Å²) in [7, 11) is 0. The zero-order chi connectivity index (χ0) is 14.3. The molecule has 106 valence electrons. The van der Waals surface area contributed by atoms with Crippen LogP contribution in [0.25, 0.3) is 0 Å². The average molecular weight is 266 g/mol. The number of amides is 1. The van der Waals surface area contributed by atoms with E-state index in [-0.39, 0.29) is 5.56 Å². The van der Waals surface area contributed by atoms with Crippen LogP contribution >= 0.6 is 0 Å². The second kappa shape index (κ2) is 7.77. The summed E-state index contributed by atoms with van der Waals surface area (Å²) < 4.78 is 13.3. The van der Waals surface area contributed by atoms with Gasteiger partial charge in [0, 0.05) is 11.7 Å². The highest BCUT2D eigenvalue weighted by atomic mass is 19.1. The first-order chi connectivity index (χ1) is 9.04. The molecule has 0 aliphatic rings. The number of carbonyl (C=O) groups is 1. The summed E-state index contributed by atoms with van der Waals surface area (Å²) in [5.74, 6) is -1.31. The fourth-order valence-corrected chi connectivity index (χ4v) is 2.04. The molecule has 0 bridgehead atoms. The molecule has 0 heterocycles. The number of hydrogen-bond acceptors (Lipinski definition) is 2. The summed E-state index contributed by atoms with van der Waals surface area (Å²) in [6, 6.07) is 4.67. The molecule has 4 heteroatoms. The fraction of sp³-hybridized carbons (Fsp3) is 0.533. The average Bonchev–Trinajstić information content (AvgIpc) is 2.36. The van der Waals surface area contributed by atoms with E-state index < -0.39 is 11.7 Å². The van der Waals surface area contributed by atoms with E-state index in [1.807, 2.05) is 0 Å². The van der Waals surface area contributed by atoms with Gasteiger partial charge in [-0.15, -0.1) is 0 Å². The van der Waals surface area contributed by atoms with Crippen LogP contribution in [-0.4, -0.2) is 11.9 Å². The van der Waals surface area contributed by atoms with Crippen molar-refractivity contribution in [1.29, 1.82) is 0 Å². The maximum Gasteiger partial charge on any atom is 0.251 e. The number of nitrogens with one attached hydrogen (secondary N) is 1. The van der Waals surface area contributed by atoms with Crippen LogP contribution in [0.4, 0.5) is 10.1 Å². The summed E-state index contributed by atoms with van der Waals surface area (Å²) in [6.07, 6.45) is 5.95. The molecule has 0 fully saturated rings. The summed E-state index contributed by atoms with van der Waals surface area (Å²) in [4.78, 5) is 11.1. The highest BCUT2D eigenvalue weighted by Crippen LogP contribution is 2.17. The molecule has 1 amide bonds. The number of rotatable bonds is 8. The van der Waals surface area contributed by atoms with Crippen molar-refractivity contribution in [2.45, 2.75) is 52.0 Å². The molecule has 0 aliphatic carbocycles. The van der Waals surface area contributed by atoms with Crippen molar-refractivity contribution < 1.29 is 9.18 Å². The maximum atomic E-state index is 13.3. The monoisotopic (exact) mass is 266 g/mol. The molecule has 3 nitrogen and oxygen atoms in total. The lowest BCUT2D eigenvalue weighted by molar-refractivity contribution is 0.0996. The van der Waals surface area contributed by atoms with E-state index in [2.05, 4.69) is 19.2 Å². The van der Waals surface area contributed by atoms with Crippen molar-refractivity contribution in [3.05, 3.63) is 29.6 Å². The van der Waals surface area contributed by atoms with Crippen LogP contribution in [0.5, 0.6) is 0 Å². The molecule has 1 atom stereocenters. The molecule has 0 saturated heterocycles. The van der Waals surface area contributed by atoms with Crippen LogP contribution < -0.4 is 11.1 Å². The van der Waals surface area contributed by atoms with Crippen LogP contribution in [0.15, 0.2) is 18.2 Å². The lowest BCUT2D eigenvalue weighted by atomic mass is 10.1. The Balaban J connectivity index is 2.52. The number of carbonyl (C=O) groups excluding carboxylic acids is 1. The largest absolute Gasteiger partial charge is 0.383 e. The minimum atomic E-state index is -0.739. The number of halogens is 1. The lowest BCUT2D eigenvalue weighted by Gasteiger charge is -2.15. The molecule has 0 aromatic heterocycles. The predicted molar refractivity (Wildman–Crippen MR) is 76.8 cm³/mol. The topological polar surface area (TPSA) is 55.1 Å². The van der Waals surface area contributed by atoms with E-state index in [9.17, 15) is 9.18 Å². The molecule has 1 aromatic carbocycles. The van der Waals surface area contributed by atoms with Gasteiger partial charge in [-0.25, -0.2) is 4.39 Å². The van der Waals surface area contributed by atoms with Gasteiger partial charge in [0.2, 0.25) is 0 Å². The van der Waals surface area contributed by atoms with Gasteiger partial charge in [-0.3, -0.25) is 4.79 Å². The number of primary amides is 1. The Labute approximate surface area is 114 Å². The van der Waals surface area contributed by atoms with E-state index in [0.717, 1.165) is 12.1 Å². The Morgan fingerprint density at radius 1 is 1.37 bits per heavy atom. The summed E-state index contributed by atoms with van der Waals surface area (Å²) >= 11 is 0. The number of hydrogen-bond donors (Lipinski definition) is 2. The highest BCUT2D eigenvalue weighted by Gasteiger charge is 2.10. The first-order valence-corrected chi connectivity index (χ1v) is 6.90. The lowest BCUT2D eigenvalue weighted by Crippen LogP contribution is -2.17. The second-order valence-electron chi connectivity index (χ2n) is 4.95. The van der Waals surface area contributed by atoms with E-state index in [4.69, 9.17) is 5.73 Å². The van der Waals surface area contributed by atoms with E-state index in [0.29, 0.717) is 6.04 Å². The Morgan fingerprint density at radius 3 is 2.74 bits per heavy atom. The Kier molecular flexibility index (Phi) is 6.33. The molecule has 0 saturated carbocycles. The van der Waals surface area contributed by atoms with Gasteiger partial charge in [-0.1, -0.05) is 32.6 Å². The Bertz CT molecular complexity index is 421. The van der Waals surface area contributed by atoms with Crippen LogP contribution in [0, 0.1) is 5.82 Å². The summed E-state index contributed by atoms with van der Waals surface area (Å²) in [6.45, 7) is 4.27. The molecule has 0 aliphatic heterocycles. The van der Waals surface area contributed by atoms with Gasteiger partial charge in [0.05, 0.1) is 5.56 Å². The summed E-state index contributed by atoms with van der Waals surface area (Å²) in [5.41, 5.74) is 5.79. The van der Waals surface area contributed by atoms with Gasteiger partial charge in [-0.05, 0) is 31.5 Å². The number of nitrogens with two attached hydrogens (primary N) is 1. The van der Waals surface area contributed by atoms with Crippen LogP contribution in [0.3, 0.4) is 0 Å². The molecular weight excluding hydrogens is 243 g/mol. The van der Waals surface area contributed by atoms with E-state index >= 15 is 0 Å². The third kappa shape index (κ3) is 5.28. The van der Waals surface area contributed by atoms with E-state index in [1.54, 1.807) is 6.07 Å². The molecule has 0 spiro atoms. The molecular formula is C15H23FN2O. The van der Waals surface area contributed by atoms with Crippen LogP contribution in [0.1, 0.15) is 56.3 Å². The van der Waals surface area contributed by atoms with Gasteiger partial charge in [-0.2, -0.15) is 0 Å². The molecule has 1 aromatic rings. The SMILES string of the molecule is CCCCCCC(C)Nc1ccc(F)c(C(N)=O)c1. The normalized spacial score (nSPS) is 12.2. The predicted octanol–water partition coefficient (Wildman–Crippen LogP) is 3.70. The third-order valence-electron chi connectivity index (χ3n) is 3.14. The van der Waals surface area contributed by atoms with Crippen molar-refractivity contribution >= 4 is 11.6 Å². The van der Waals surface area contributed by atoms with Gasteiger partial charge >= 0.3 is 0 Å². The fourth-order valence-electron chi connectivity index (χ4n) is 2.04. The van der Waals surface area contributed by atoms with Crippen molar-refractivity contribution in [3.63, 3.8) is 0 Å².